The van der Waals surface area contributed by atoms with Crippen molar-refractivity contribution < 1.29 is 4.74 Å². The SMILES string of the molecule is CCCOc1cccnc1N1CCC(CNCC)CC1. The number of nitrogens with one attached hydrogen (secondary N) is 1. The van der Waals surface area contributed by atoms with Crippen molar-refractivity contribution >= 4 is 5.82 Å². The van der Waals surface area contributed by atoms with Gasteiger partial charge in [-0.2, -0.15) is 0 Å². The molecule has 0 aliphatic carbocycles. The molecule has 1 aliphatic heterocycles. The maximum absolute atomic E-state index is 5.81. The Morgan fingerprint density at radius 3 is 2.85 bits per heavy atom. The van der Waals surface area contributed by atoms with E-state index >= 15 is 0 Å². The van der Waals surface area contributed by atoms with E-state index in [1.165, 1.54) is 12.8 Å². The number of pyridine rings is 1. The lowest BCUT2D eigenvalue weighted by Crippen LogP contribution is -2.37. The Balaban J connectivity index is 1.92. The van der Waals surface area contributed by atoms with Crippen molar-refractivity contribution in [1.29, 1.82) is 0 Å². The molecule has 4 nitrogen and oxygen atoms in total. The number of anilines is 1. The molecule has 112 valence electrons. The fourth-order valence-corrected chi connectivity index (χ4v) is 2.64. The van der Waals surface area contributed by atoms with Crippen LogP contribution >= 0.6 is 0 Å². The lowest BCUT2D eigenvalue weighted by Gasteiger charge is -2.33. The fourth-order valence-electron chi connectivity index (χ4n) is 2.64. The summed E-state index contributed by atoms with van der Waals surface area (Å²) in [6.07, 6.45) is 5.35. The van der Waals surface area contributed by atoms with Gasteiger partial charge >= 0.3 is 0 Å². The zero-order valence-electron chi connectivity index (χ0n) is 12.8. The van der Waals surface area contributed by atoms with E-state index in [1.54, 1.807) is 0 Å². The average molecular weight is 277 g/mol. The first-order valence-corrected chi connectivity index (χ1v) is 7.88. The predicted octanol–water partition coefficient (Wildman–Crippen LogP) is 2.70. The molecule has 0 atom stereocenters. The van der Waals surface area contributed by atoms with E-state index in [1.807, 2.05) is 18.3 Å². The highest BCUT2D eigenvalue weighted by atomic mass is 16.5. The zero-order valence-corrected chi connectivity index (χ0v) is 12.8. The largest absolute Gasteiger partial charge is 0.490 e. The van der Waals surface area contributed by atoms with Gasteiger partial charge in [-0.15, -0.1) is 0 Å². The summed E-state index contributed by atoms with van der Waals surface area (Å²) in [7, 11) is 0. The fraction of sp³-hybridized carbons (Fsp3) is 0.688. The van der Waals surface area contributed by atoms with Gasteiger partial charge in [0.05, 0.1) is 6.61 Å². The van der Waals surface area contributed by atoms with E-state index in [4.69, 9.17) is 4.74 Å². The molecular formula is C16H27N3O. The molecule has 0 saturated carbocycles. The van der Waals surface area contributed by atoms with Crippen molar-refractivity contribution in [2.24, 2.45) is 5.92 Å². The number of hydrogen-bond acceptors (Lipinski definition) is 4. The molecule has 1 aromatic rings. The van der Waals surface area contributed by atoms with E-state index in [0.717, 1.165) is 56.7 Å². The molecule has 1 saturated heterocycles. The van der Waals surface area contributed by atoms with Gasteiger partial charge in [0.2, 0.25) is 0 Å². The van der Waals surface area contributed by atoms with Gasteiger partial charge < -0.3 is 15.0 Å². The molecule has 2 rings (SSSR count). The summed E-state index contributed by atoms with van der Waals surface area (Å²) in [4.78, 5) is 6.90. The second-order valence-electron chi connectivity index (χ2n) is 5.41. The van der Waals surface area contributed by atoms with Gasteiger partial charge in [-0.3, -0.25) is 0 Å². The van der Waals surface area contributed by atoms with Gasteiger partial charge in [0.1, 0.15) is 0 Å². The summed E-state index contributed by atoms with van der Waals surface area (Å²) < 4.78 is 5.81. The molecule has 0 aromatic carbocycles. The lowest BCUT2D eigenvalue weighted by atomic mass is 9.97. The Labute approximate surface area is 122 Å². The third kappa shape index (κ3) is 4.10. The zero-order chi connectivity index (χ0) is 14.2. The molecule has 0 spiro atoms. The maximum Gasteiger partial charge on any atom is 0.171 e. The Morgan fingerprint density at radius 2 is 2.15 bits per heavy atom. The van der Waals surface area contributed by atoms with Crippen LogP contribution < -0.4 is 15.0 Å². The molecule has 1 aromatic heterocycles. The monoisotopic (exact) mass is 277 g/mol. The molecule has 4 heteroatoms. The second kappa shape index (κ2) is 8.10. The number of hydrogen-bond donors (Lipinski definition) is 1. The standard InChI is InChI=1S/C16H27N3O/c1-3-12-20-15-6-5-9-18-16(15)19-10-7-14(8-11-19)13-17-4-2/h5-6,9,14,17H,3-4,7-8,10-13H2,1-2H3. The van der Waals surface area contributed by atoms with E-state index < -0.39 is 0 Å². The van der Waals surface area contributed by atoms with Crippen LogP contribution in [0.5, 0.6) is 5.75 Å². The normalized spacial score (nSPS) is 16.4. The number of rotatable bonds is 7. The van der Waals surface area contributed by atoms with Crippen molar-refractivity contribution in [3.63, 3.8) is 0 Å². The Bertz CT molecular complexity index is 389. The molecule has 1 fully saturated rings. The molecular weight excluding hydrogens is 250 g/mol. The number of nitrogens with zero attached hydrogens (tertiary/aromatic N) is 2. The highest BCUT2D eigenvalue weighted by molar-refractivity contribution is 5.52. The lowest BCUT2D eigenvalue weighted by molar-refractivity contribution is 0.314. The van der Waals surface area contributed by atoms with Crippen LogP contribution in [0.3, 0.4) is 0 Å². The predicted molar refractivity (Wildman–Crippen MR) is 83.5 cm³/mol. The van der Waals surface area contributed by atoms with Crippen LogP contribution in [0, 0.1) is 5.92 Å². The van der Waals surface area contributed by atoms with Gasteiger partial charge in [-0.1, -0.05) is 13.8 Å². The summed E-state index contributed by atoms with van der Waals surface area (Å²) in [6, 6.07) is 3.98. The Morgan fingerprint density at radius 1 is 1.35 bits per heavy atom. The van der Waals surface area contributed by atoms with Crippen molar-refractivity contribution in [2.75, 3.05) is 37.7 Å². The molecule has 1 aliphatic rings. The molecule has 2 heterocycles. The maximum atomic E-state index is 5.81. The van der Waals surface area contributed by atoms with Crippen LogP contribution in [-0.2, 0) is 0 Å². The topological polar surface area (TPSA) is 37.4 Å². The summed E-state index contributed by atoms with van der Waals surface area (Å²) in [5, 5.41) is 3.45. The van der Waals surface area contributed by atoms with Crippen LogP contribution in [0.25, 0.3) is 0 Å². The number of ether oxygens (including phenoxy) is 1. The first kappa shape index (κ1) is 15.1. The minimum absolute atomic E-state index is 0.760. The quantitative estimate of drug-likeness (QED) is 0.831. The van der Waals surface area contributed by atoms with Crippen molar-refractivity contribution in [3.8, 4) is 5.75 Å². The van der Waals surface area contributed by atoms with Crippen molar-refractivity contribution in [2.45, 2.75) is 33.1 Å². The van der Waals surface area contributed by atoms with E-state index in [0.29, 0.717) is 0 Å². The van der Waals surface area contributed by atoms with Gasteiger partial charge in [-0.25, -0.2) is 4.98 Å². The third-order valence-corrected chi connectivity index (χ3v) is 3.81. The van der Waals surface area contributed by atoms with Crippen LogP contribution in [0.15, 0.2) is 18.3 Å². The van der Waals surface area contributed by atoms with Gasteiger partial charge in [0, 0.05) is 19.3 Å². The van der Waals surface area contributed by atoms with Crippen molar-refractivity contribution in [1.82, 2.24) is 10.3 Å². The van der Waals surface area contributed by atoms with Crippen LogP contribution in [0.4, 0.5) is 5.82 Å². The van der Waals surface area contributed by atoms with Crippen LogP contribution in [-0.4, -0.2) is 37.8 Å². The minimum atomic E-state index is 0.760. The average Bonchev–Trinajstić information content (AvgIpc) is 2.52. The smallest absolute Gasteiger partial charge is 0.171 e. The van der Waals surface area contributed by atoms with E-state index in [2.05, 4.69) is 29.0 Å². The highest BCUT2D eigenvalue weighted by Gasteiger charge is 2.21. The van der Waals surface area contributed by atoms with E-state index in [9.17, 15) is 0 Å². The summed E-state index contributed by atoms with van der Waals surface area (Å²) in [5.74, 6) is 2.75. The van der Waals surface area contributed by atoms with Crippen LogP contribution in [0.2, 0.25) is 0 Å². The van der Waals surface area contributed by atoms with Gasteiger partial charge in [0.15, 0.2) is 11.6 Å². The molecule has 0 radical (unpaired) electrons. The van der Waals surface area contributed by atoms with E-state index in [-0.39, 0.29) is 0 Å². The number of aromatic nitrogens is 1. The molecule has 20 heavy (non-hydrogen) atoms. The molecule has 1 N–H and O–H groups in total. The summed E-state index contributed by atoms with van der Waals surface area (Å²) >= 11 is 0. The molecule has 0 unspecified atom stereocenters. The van der Waals surface area contributed by atoms with Gasteiger partial charge in [0.25, 0.3) is 0 Å². The first-order valence-electron chi connectivity index (χ1n) is 7.88. The first-order chi connectivity index (χ1) is 9.85. The summed E-state index contributed by atoms with van der Waals surface area (Å²) in [5.41, 5.74) is 0. The number of piperidine rings is 1. The Kier molecular flexibility index (Phi) is 6.12. The Hall–Kier alpha value is -1.29. The van der Waals surface area contributed by atoms with Crippen LogP contribution in [0.1, 0.15) is 33.1 Å². The summed E-state index contributed by atoms with van der Waals surface area (Å²) in [6.45, 7) is 9.42. The molecule has 0 bridgehead atoms. The second-order valence-corrected chi connectivity index (χ2v) is 5.41. The van der Waals surface area contributed by atoms with Gasteiger partial charge in [-0.05, 0) is 50.4 Å². The minimum Gasteiger partial charge on any atom is -0.490 e. The highest BCUT2D eigenvalue weighted by Crippen LogP contribution is 2.29. The van der Waals surface area contributed by atoms with Crippen molar-refractivity contribution in [3.05, 3.63) is 18.3 Å². The molecule has 0 amide bonds. The third-order valence-electron chi connectivity index (χ3n) is 3.81.